The summed E-state index contributed by atoms with van der Waals surface area (Å²) in [5.41, 5.74) is 0. The van der Waals surface area contributed by atoms with Crippen LogP contribution in [-0.2, 0) is 19.1 Å². The molecule has 29 heavy (non-hydrogen) atoms. The molecule has 0 aromatic carbocycles. The highest BCUT2D eigenvalue weighted by atomic mass is 16.5. The number of ether oxygens (including phenoxy) is 2. The Kier molecular flexibility index (Phi) is 11.0. The van der Waals surface area contributed by atoms with Crippen LogP contribution in [0.1, 0.15) is 78.1 Å². The summed E-state index contributed by atoms with van der Waals surface area (Å²) >= 11 is 0. The number of likely N-dealkylation sites (N-methyl/N-ethyl adjacent to an activating group) is 1. The summed E-state index contributed by atoms with van der Waals surface area (Å²) < 4.78 is 11.6. The molecule has 2 saturated carbocycles. The second-order valence-electron chi connectivity index (χ2n) is 9.28. The molecule has 1 N–H and O–H groups in total. The Labute approximate surface area is 177 Å². The molecule has 2 aliphatic carbocycles. The molecule has 6 heteroatoms. The first-order valence-corrected chi connectivity index (χ1v) is 11.7. The minimum atomic E-state index is -0.0391. The van der Waals surface area contributed by atoms with E-state index in [1.165, 1.54) is 25.7 Å². The van der Waals surface area contributed by atoms with Gasteiger partial charge < -0.3 is 19.7 Å². The molecule has 0 aromatic rings. The maximum Gasteiger partial charge on any atom is 0.248 e. The monoisotopic (exact) mass is 410 g/mol. The van der Waals surface area contributed by atoms with Crippen LogP contribution in [0, 0.1) is 11.8 Å². The first-order chi connectivity index (χ1) is 13.9. The highest BCUT2D eigenvalue weighted by Gasteiger charge is 2.21. The van der Waals surface area contributed by atoms with Crippen LogP contribution >= 0.6 is 0 Å². The zero-order chi connectivity index (χ0) is 21.1. The summed E-state index contributed by atoms with van der Waals surface area (Å²) in [6.07, 6.45) is 11.4. The van der Waals surface area contributed by atoms with Gasteiger partial charge in [-0.25, -0.2) is 0 Å². The topological polar surface area (TPSA) is 67.9 Å². The molecule has 0 saturated heterocycles. The van der Waals surface area contributed by atoms with E-state index in [2.05, 4.69) is 19.2 Å². The van der Waals surface area contributed by atoms with Crippen LogP contribution in [0.5, 0.6) is 0 Å². The summed E-state index contributed by atoms with van der Waals surface area (Å²) in [4.78, 5) is 25.9. The van der Waals surface area contributed by atoms with Gasteiger partial charge in [0.05, 0.1) is 12.2 Å². The molecule has 168 valence electrons. The van der Waals surface area contributed by atoms with Gasteiger partial charge in [0, 0.05) is 20.1 Å². The van der Waals surface area contributed by atoms with E-state index in [4.69, 9.17) is 9.47 Å². The second-order valence-corrected chi connectivity index (χ2v) is 9.28. The summed E-state index contributed by atoms with van der Waals surface area (Å²) in [6.45, 7) is 6.16. The standard InChI is InChI=1S/C23H42N2O4/c1-18-8-6-10-20(14-18)28-16-22(26)24-12-4-5-13-25(3)23(27)17-29-21-11-7-9-19(2)15-21/h18-21H,4-17H2,1-3H3,(H,24,26). The lowest BCUT2D eigenvalue weighted by Crippen LogP contribution is -2.34. The Morgan fingerprint density at radius 2 is 1.48 bits per heavy atom. The molecule has 2 amide bonds. The lowest BCUT2D eigenvalue weighted by atomic mass is 9.89. The van der Waals surface area contributed by atoms with Crippen LogP contribution < -0.4 is 5.32 Å². The van der Waals surface area contributed by atoms with Gasteiger partial charge in [-0.15, -0.1) is 0 Å². The SMILES string of the molecule is CC1CCCC(OCC(=O)NCCCCN(C)C(=O)COC2CCCC(C)C2)C1. The average Bonchev–Trinajstić information content (AvgIpc) is 2.70. The predicted octanol–water partition coefficient (Wildman–Crippen LogP) is 3.53. The molecule has 0 aromatic heterocycles. The quantitative estimate of drug-likeness (QED) is 0.529. The van der Waals surface area contributed by atoms with Crippen molar-refractivity contribution < 1.29 is 19.1 Å². The first-order valence-electron chi connectivity index (χ1n) is 11.7. The number of carbonyl (C=O) groups is 2. The van der Waals surface area contributed by atoms with Gasteiger partial charge in [0.25, 0.3) is 0 Å². The fraction of sp³-hybridized carbons (Fsp3) is 0.913. The van der Waals surface area contributed by atoms with Gasteiger partial charge in [-0.05, 0) is 50.4 Å². The zero-order valence-corrected chi connectivity index (χ0v) is 18.8. The van der Waals surface area contributed by atoms with Gasteiger partial charge in [-0.3, -0.25) is 9.59 Å². The van der Waals surface area contributed by atoms with Crippen molar-refractivity contribution in [3.05, 3.63) is 0 Å². The molecule has 2 aliphatic rings. The molecule has 4 unspecified atom stereocenters. The van der Waals surface area contributed by atoms with Gasteiger partial charge in [-0.1, -0.05) is 39.5 Å². The normalized spacial score (nSPS) is 27.4. The minimum absolute atomic E-state index is 0.0391. The van der Waals surface area contributed by atoms with Crippen LogP contribution in [0.15, 0.2) is 0 Å². The molecule has 2 rings (SSSR count). The maximum atomic E-state index is 12.2. The van der Waals surface area contributed by atoms with Crippen LogP contribution in [0.2, 0.25) is 0 Å². The third-order valence-electron chi connectivity index (χ3n) is 6.34. The smallest absolute Gasteiger partial charge is 0.248 e. The Hall–Kier alpha value is -1.14. The van der Waals surface area contributed by atoms with Crippen LogP contribution in [0.4, 0.5) is 0 Å². The van der Waals surface area contributed by atoms with Crippen LogP contribution in [0.25, 0.3) is 0 Å². The van der Waals surface area contributed by atoms with Crippen molar-refractivity contribution in [2.24, 2.45) is 11.8 Å². The van der Waals surface area contributed by atoms with Crippen LogP contribution in [0.3, 0.4) is 0 Å². The Bertz CT molecular complexity index is 499. The number of hydrogen-bond acceptors (Lipinski definition) is 4. The largest absolute Gasteiger partial charge is 0.368 e. The van der Waals surface area contributed by atoms with Crippen molar-refractivity contribution in [3.8, 4) is 0 Å². The fourth-order valence-electron chi connectivity index (χ4n) is 4.43. The molecule has 2 fully saturated rings. The van der Waals surface area contributed by atoms with Crippen molar-refractivity contribution in [1.82, 2.24) is 10.2 Å². The maximum absolute atomic E-state index is 12.2. The molecule has 0 bridgehead atoms. The van der Waals surface area contributed by atoms with E-state index in [1.54, 1.807) is 4.90 Å². The Morgan fingerprint density at radius 3 is 2.07 bits per heavy atom. The van der Waals surface area contributed by atoms with E-state index in [-0.39, 0.29) is 37.2 Å². The van der Waals surface area contributed by atoms with Gasteiger partial charge >= 0.3 is 0 Å². The second kappa shape index (κ2) is 13.2. The lowest BCUT2D eigenvalue weighted by Gasteiger charge is -2.27. The van der Waals surface area contributed by atoms with E-state index < -0.39 is 0 Å². The minimum Gasteiger partial charge on any atom is -0.368 e. The van der Waals surface area contributed by atoms with Gasteiger partial charge in [0.2, 0.25) is 11.8 Å². The number of rotatable bonds is 11. The van der Waals surface area contributed by atoms with E-state index in [0.29, 0.717) is 24.9 Å². The van der Waals surface area contributed by atoms with E-state index >= 15 is 0 Å². The van der Waals surface area contributed by atoms with Gasteiger partial charge in [0.15, 0.2) is 0 Å². The molecule has 4 atom stereocenters. The third-order valence-corrected chi connectivity index (χ3v) is 6.34. The zero-order valence-electron chi connectivity index (χ0n) is 18.8. The molecule has 0 heterocycles. The van der Waals surface area contributed by atoms with Gasteiger partial charge in [0.1, 0.15) is 13.2 Å². The molecular weight excluding hydrogens is 368 g/mol. The van der Waals surface area contributed by atoms with Crippen molar-refractivity contribution >= 4 is 11.8 Å². The summed E-state index contributed by atoms with van der Waals surface area (Å²) in [6, 6.07) is 0. The molecule has 0 spiro atoms. The number of hydrogen-bond donors (Lipinski definition) is 1. The number of amides is 2. The van der Waals surface area contributed by atoms with Crippen molar-refractivity contribution in [2.45, 2.75) is 90.3 Å². The lowest BCUT2D eigenvalue weighted by molar-refractivity contribution is -0.138. The van der Waals surface area contributed by atoms with Crippen LogP contribution in [-0.4, -0.2) is 62.3 Å². The first kappa shape index (κ1) is 24.1. The van der Waals surface area contributed by atoms with Crippen molar-refractivity contribution in [2.75, 3.05) is 33.4 Å². The van der Waals surface area contributed by atoms with E-state index in [0.717, 1.165) is 38.5 Å². The molecule has 0 radical (unpaired) electrons. The summed E-state index contributed by atoms with van der Waals surface area (Å²) in [5.74, 6) is 1.41. The van der Waals surface area contributed by atoms with E-state index in [9.17, 15) is 9.59 Å². The fourth-order valence-corrected chi connectivity index (χ4v) is 4.43. The average molecular weight is 411 g/mol. The molecule has 0 aliphatic heterocycles. The Morgan fingerprint density at radius 1 is 0.897 bits per heavy atom. The Balaban J connectivity index is 1.46. The number of unbranched alkanes of at least 4 members (excludes halogenated alkanes) is 1. The summed E-state index contributed by atoms with van der Waals surface area (Å²) in [5, 5.41) is 2.92. The third kappa shape index (κ3) is 9.94. The highest BCUT2D eigenvalue weighted by molar-refractivity contribution is 5.77. The number of carbonyl (C=O) groups excluding carboxylic acids is 2. The van der Waals surface area contributed by atoms with Gasteiger partial charge in [-0.2, -0.15) is 0 Å². The molecular formula is C23H42N2O4. The summed E-state index contributed by atoms with van der Waals surface area (Å²) in [7, 11) is 1.83. The van der Waals surface area contributed by atoms with E-state index in [1.807, 2.05) is 7.05 Å². The number of nitrogens with zero attached hydrogens (tertiary/aromatic N) is 1. The predicted molar refractivity (Wildman–Crippen MR) is 115 cm³/mol. The number of nitrogens with one attached hydrogen (secondary N) is 1. The molecule has 6 nitrogen and oxygen atoms in total. The van der Waals surface area contributed by atoms with Crippen molar-refractivity contribution in [3.63, 3.8) is 0 Å². The highest BCUT2D eigenvalue weighted by Crippen LogP contribution is 2.26. The van der Waals surface area contributed by atoms with Crippen molar-refractivity contribution in [1.29, 1.82) is 0 Å².